The Hall–Kier alpha value is -1.42. The van der Waals surface area contributed by atoms with Crippen LogP contribution in [-0.2, 0) is 16.1 Å². The predicted molar refractivity (Wildman–Crippen MR) is 44.0 cm³/mol. The van der Waals surface area contributed by atoms with Crippen LogP contribution < -0.4 is 0 Å². The minimum Gasteiger partial charge on any atom is -0.481 e. The number of pyridine rings is 1. The van der Waals surface area contributed by atoms with Gasteiger partial charge in [0.05, 0.1) is 18.7 Å². The summed E-state index contributed by atoms with van der Waals surface area (Å²) in [5.41, 5.74) is 1.76. The van der Waals surface area contributed by atoms with Gasteiger partial charge >= 0.3 is 5.97 Å². The Labute approximate surface area is 75.2 Å². The van der Waals surface area contributed by atoms with Gasteiger partial charge < -0.3 is 9.84 Å². The summed E-state index contributed by atoms with van der Waals surface area (Å²) in [6.45, 7) is 0.473. The topological polar surface area (TPSA) is 59.4 Å². The SMILES string of the molecule is O=C(O)CC1OCc2cccnc21. The van der Waals surface area contributed by atoms with E-state index < -0.39 is 5.97 Å². The lowest BCUT2D eigenvalue weighted by atomic mass is 10.1. The van der Waals surface area contributed by atoms with E-state index in [1.165, 1.54) is 0 Å². The second-order valence-corrected chi connectivity index (χ2v) is 2.95. The number of rotatable bonds is 2. The van der Waals surface area contributed by atoms with Gasteiger partial charge in [-0.25, -0.2) is 0 Å². The summed E-state index contributed by atoms with van der Waals surface area (Å²) in [5.74, 6) is -0.858. The number of ether oxygens (including phenoxy) is 1. The molecule has 0 saturated carbocycles. The Balaban J connectivity index is 2.23. The standard InChI is InChI=1S/C9H9NO3/c11-8(12)4-7-9-6(5-13-7)2-1-3-10-9/h1-3,7H,4-5H2,(H,11,12). The molecule has 0 amide bonds. The molecule has 0 aliphatic carbocycles. The normalized spacial score (nSPS) is 19.8. The molecule has 13 heavy (non-hydrogen) atoms. The number of carboxylic acids is 1. The van der Waals surface area contributed by atoms with Crippen LogP contribution >= 0.6 is 0 Å². The van der Waals surface area contributed by atoms with Crippen LogP contribution in [0.3, 0.4) is 0 Å². The van der Waals surface area contributed by atoms with Crippen molar-refractivity contribution in [2.75, 3.05) is 0 Å². The fraction of sp³-hybridized carbons (Fsp3) is 0.333. The first-order chi connectivity index (χ1) is 6.27. The van der Waals surface area contributed by atoms with Gasteiger partial charge in [0.15, 0.2) is 0 Å². The highest BCUT2D eigenvalue weighted by atomic mass is 16.5. The molecule has 0 saturated heterocycles. The molecule has 1 aliphatic rings. The number of hydrogen-bond donors (Lipinski definition) is 1. The van der Waals surface area contributed by atoms with E-state index in [4.69, 9.17) is 9.84 Å². The van der Waals surface area contributed by atoms with Crippen LogP contribution in [0.2, 0.25) is 0 Å². The van der Waals surface area contributed by atoms with E-state index in [9.17, 15) is 4.79 Å². The maximum Gasteiger partial charge on any atom is 0.306 e. The lowest BCUT2D eigenvalue weighted by Gasteiger charge is -2.05. The number of fused-ring (bicyclic) bond motifs is 1. The van der Waals surface area contributed by atoms with Crippen molar-refractivity contribution in [1.82, 2.24) is 4.98 Å². The highest BCUT2D eigenvalue weighted by Crippen LogP contribution is 2.30. The van der Waals surface area contributed by atoms with Gasteiger partial charge in [-0.3, -0.25) is 9.78 Å². The molecule has 4 heteroatoms. The van der Waals surface area contributed by atoms with Crippen LogP contribution in [0.15, 0.2) is 18.3 Å². The van der Waals surface area contributed by atoms with Crippen LogP contribution in [0.1, 0.15) is 23.8 Å². The minimum absolute atomic E-state index is 0.00991. The van der Waals surface area contributed by atoms with Crippen molar-refractivity contribution in [3.63, 3.8) is 0 Å². The maximum absolute atomic E-state index is 10.5. The molecule has 1 aromatic rings. The number of carboxylic acid groups (broad SMARTS) is 1. The molecule has 2 heterocycles. The molecular weight excluding hydrogens is 170 g/mol. The predicted octanol–water partition coefficient (Wildman–Crippen LogP) is 1.13. The summed E-state index contributed by atoms with van der Waals surface area (Å²) >= 11 is 0. The third-order valence-electron chi connectivity index (χ3n) is 2.03. The number of aliphatic carboxylic acids is 1. The Morgan fingerprint density at radius 2 is 2.62 bits per heavy atom. The first kappa shape index (κ1) is 8.19. The van der Waals surface area contributed by atoms with Crippen LogP contribution in [0, 0.1) is 0 Å². The molecular formula is C9H9NO3. The minimum atomic E-state index is -0.858. The molecule has 68 valence electrons. The highest BCUT2D eigenvalue weighted by molar-refractivity contribution is 5.67. The van der Waals surface area contributed by atoms with Gasteiger partial charge in [-0.05, 0) is 6.07 Å². The summed E-state index contributed by atoms with van der Waals surface area (Å²) in [6.07, 6.45) is 1.28. The van der Waals surface area contributed by atoms with E-state index >= 15 is 0 Å². The number of nitrogens with zero attached hydrogens (tertiary/aromatic N) is 1. The van der Waals surface area contributed by atoms with Crippen LogP contribution in [0.4, 0.5) is 0 Å². The summed E-state index contributed by atoms with van der Waals surface area (Å²) in [4.78, 5) is 14.6. The third kappa shape index (κ3) is 1.53. The van der Waals surface area contributed by atoms with Gasteiger partial charge in [0.1, 0.15) is 6.10 Å². The zero-order valence-corrected chi connectivity index (χ0v) is 6.93. The average molecular weight is 179 g/mol. The molecule has 1 atom stereocenters. The summed E-state index contributed by atoms with van der Waals surface area (Å²) in [6, 6.07) is 3.73. The van der Waals surface area contributed by atoms with E-state index in [2.05, 4.69) is 4.98 Å². The molecule has 0 fully saturated rings. The molecule has 0 spiro atoms. The van der Waals surface area contributed by atoms with E-state index in [1.807, 2.05) is 12.1 Å². The van der Waals surface area contributed by atoms with Crippen LogP contribution in [0.25, 0.3) is 0 Å². The maximum atomic E-state index is 10.5. The smallest absolute Gasteiger partial charge is 0.306 e. The molecule has 1 aliphatic heterocycles. The van der Waals surface area contributed by atoms with Gasteiger partial charge in [0, 0.05) is 11.8 Å². The van der Waals surface area contributed by atoms with E-state index in [0.29, 0.717) is 6.61 Å². The van der Waals surface area contributed by atoms with Crippen molar-refractivity contribution < 1.29 is 14.6 Å². The molecule has 1 unspecified atom stereocenters. The summed E-state index contributed by atoms with van der Waals surface area (Å²) in [5, 5.41) is 8.59. The first-order valence-corrected chi connectivity index (χ1v) is 4.04. The third-order valence-corrected chi connectivity index (χ3v) is 2.03. The van der Waals surface area contributed by atoms with Crippen molar-refractivity contribution in [2.24, 2.45) is 0 Å². The molecule has 2 rings (SSSR count). The Morgan fingerprint density at radius 3 is 3.38 bits per heavy atom. The largest absolute Gasteiger partial charge is 0.481 e. The van der Waals surface area contributed by atoms with Gasteiger partial charge in [0.25, 0.3) is 0 Å². The lowest BCUT2D eigenvalue weighted by Crippen LogP contribution is -2.05. The monoisotopic (exact) mass is 179 g/mol. The van der Waals surface area contributed by atoms with Gasteiger partial charge in [-0.2, -0.15) is 0 Å². The van der Waals surface area contributed by atoms with E-state index in [1.54, 1.807) is 6.20 Å². The second-order valence-electron chi connectivity index (χ2n) is 2.95. The zero-order chi connectivity index (χ0) is 9.26. The Morgan fingerprint density at radius 1 is 1.77 bits per heavy atom. The van der Waals surface area contributed by atoms with Gasteiger partial charge in [0.2, 0.25) is 0 Å². The lowest BCUT2D eigenvalue weighted by molar-refractivity contribution is -0.140. The molecule has 0 aromatic carbocycles. The summed E-state index contributed by atoms with van der Waals surface area (Å²) in [7, 11) is 0. The van der Waals surface area contributed by atoms with Gasteiger partial charge in [-0.15, -0.1) is 0 Å². The molecule has 4 nitrogen and oxygen atoms in total. The van der Waals surface area contributed by atoms with Crippen molar-refractivity contribution in [3.8, 4) is 0 Å². The molecule has 0 radical (unpaired) electrons. The van der Waals surface area contributed by atoms with Gasteiger partial charge in [-0.1, -0.05) is 6.07 Å². The molecule has 1 aromatic heterocycles. The average Bonchev–Trinajstić information content (AvgIpc) is 2.48. The zero-order valence-electron chi connectivity index (χ0n) is 6.93. The summed E-state index contributed by atoms with van der Waals surface area (Å²) < 4.78 is 5.29. The van der Waals surface area contributed by atoms with Crippen LogP contribution in [0.5, 0.6) is 0 Å². The van der Waals surface area contributed by atoms with Crippen molar-refractivity contribution in [2.45, 2.75) is 19.1 Å². The fourth-order valence-electron chi connectivity index (χ4n) is 1.45. The van der Waals surface area contributed by atoms with Crippen molar-refractivity contribution >= 4 is 5.97 Å². The first-order valence-electron chi connectivity index (χ1n) is 4.04. The van der Waals surface area contributed by atoms with Crippen molar-refractivity contribution in [1.29, 1.82) is 0 Å². The highest BCUT2D eigenvalue weighted by Gasteiger charge is 2.26. The molecule has 1 N–H and O–H groups in total. The van der Waals surface area contributed by atoms with Crippen LogP contribution in [-0.4, -0.2) is 16.1 Å². The Kier molecular flexibility index (Phi) is 1.98. The fourth-order valence-corrected chi connectivity index (χ4v) is 1.45. The number of carbonyl (C=O) groups is 1. The quantitative estimate of drug-likeness (QED) is 0.739. The molecule has 0 bridgehead atoms. The number of hydrogen-bond acceptors (Lipinski definition) is 3. The Bertz CT molecular complexity index is 337. The van der Waals surface area contributed by atoms with Crippen molar-refractivity contribution in [3.05, 3.63) is 29.6 Å². The number of aromatic nitrogens is 1. The van der Waals surface area contributed by atoms with E-state index in [0.717, 1.165) is 11.3 Å². The van der Waals surface area contributed by atoms with E-state index in [-0.39, 0.29) is 12.5 Å². The second kappa shape index (κ2) is 3.14.